The van der Waals surface area contributed by atoms with Gasteiger partial charge in [0.1, 0.15) is 11.8 Å². The van der Waals surface area contributed by atoms with Crippen LogP contribution in [0.25, 0.3) is 0 Å². The summed E-state index contributed by atoms with van der Waals surface area (Å²) in [6.07, 6.45) is 0.314. The lowest BCUT2D eigenvalue weighted by molar-refractivity contribution is -0.126. The van der Waals surface area contributed by atoms with Crippen LogP contribution in [0.1, 0.15) is 24.9 Å². The summed E-state index contributed by atoms with van der Waals surface area (Å²) in [6.45, 7) is 2.16. The number of likely N-dealkylation sites (N-methyl/N-ethyl adjacent to an activating group) is 1. The Labute approximate surface area is 148 Å². The zero-order valence-corrected chi connectivity index (χ0v) is 15.7. The van der Waals surface area contributed by atoms with Crippen LogP contribution in [0.2, 0.25) is 0 Å². The topological polar surface area (TPSA) is 97.0 Å². The van der Waals surface area contributed by atoms with E-state index in [9.17, 15) is 13.2 Å². The first kappa shape index (κ1) is 19.6. The van der Waals surface area contributed by atoms with Crippen LogP contribution in [0.15, 0.2) is 24.3 Å². The molecule has 1 saturated heterocycles. The standard InChI is InChI=1S/C16H25N3O5S/c1-11(10-23-3)17-16(20)15-9-14(18-25(21,22)19(15)2)12-6-5-7-13(8-12)24-4/h5-8,11,14-15,18H,9-10H2,1-4H3,(H,17,20). The molecule has 9 heteroatoms. The molecule has 3 unspecified atom stereocenters. The third-order valence-electron chi connectivity index (χ3n) is 4.17. The van der Waals surface area contributed by atoms with Gasteiger partial charge in [0, 0.05) is 20.2 Å². The van der Waals surface area contributed by atoms with E-state index in [0.29, 0.717) is 18.8 Å². The maximum Gasteiger partial charge on any atom is 0.280 e. The van der Waals surface area contributed by atoms with Crippen molar-refractivity contribution in [2.75, 3.05) is 27.9 Å². The minimum Gasteiger partial charge on any atom is -0.497 e. The zero-order chi connectivity index (χ0) is 18.6. The van der Waals surface area contributed by atoms with Gasteiger partial charge in [0.2, 0.25) is 5.91 Å². The number of hydrogen-bond acceptors (Lipinski definition) is 5. The van der Waals surface area contributed by atoms with Gasteiger partial charge in [-0.05, 0) is 31.0 Å². The largest absolute Gasteiger partial charge is 0.497 e. The second-order valence-electron chi connectivity index (χ2n) is 6.08. The van der Waals surface area contributed by atoms with Crippen molar-refractivity contribution in [3.8, 4) is 5.75 Å². The van der Waals surface area contributed by atoms with E-state index in [1.165, 1.54) is 7.05 Å². The average Bonchev–Trinajstić information content (AvgIpc) is 2.57. The number of nitrogens with one attached hydrogen (secondary N) is 2. The Balaban J connectivity index is 2.23. The fourth-order valence-corrected chi connectivity index (χ4v) is 4.09. The van der Waals surface area contributed by atoms with Gasteiger partial charge < -0.3 is 14.8 Å². The van der Waals surface area contributed by atoms with E-state index in [2.05, 4.69) is 10.0 Å². The highest BCUT2D eigenvalue weighted by atomic mass is 32.2. The lowest BCUT2D eigenvalue weighted by Gasteiger charge is -2.36. The van der Waals surface area contributed by atoms with Gasteiger partial charge in [0.25, 0.3) is 10.2 Å². The van der Waals surface area contributed by atoms with Crippen molar-refractivity contribution in [2.24, 2.45) is 0 Å². The molecule has 1 heterocycles. The summed E-state index contributed by atoms with van der Waals surface area (Å²) < 4.78 is 38.7. The van der Waals surface area contributed by atoms with E-state index in [4.69, 9.17) is 9.47 Å². The number of carbonyl (C=O) groups excluding carboxylic acids is 1. The Morgan fingerprint density at radius 1 is 1.44 bits per heavy atom. The van der Waals surface area contributed by atoms with E-state index in [1.807, 2.05) is 6.07 Å². The van der Waals surface area contributed by atoms with Gasteiger partial charge in [-0.2, -0.15) is 17.4 Å². The SMILES string of the molecule is COCC(C)NC(=O)C1CC(c2cccc(OC)c2)NS(=O)(=O)N1C. The van der Waals surface area contributed by atoms with Crippen LogP contribution in [-0.4, -0.2) is 58.6 Å². The molecule has 0 bridgehead atoms. The molecule has 1 aliphatic heterocycles. The van der Waals surface area contributed by atoms with Gasteiger partial charge in [0.15, 0.2) is 0 Å². The van der Waals surface area contributed by atoms with Crippen LogP contribution >= 0.6 is 0 Å². The number of ether oxygens (including phenoxy) is 2. The minimum atomic E-state index is -3.77. The Morgan fingerprint density at radius 2 is 2.16 bits per heavy atom. The van der Waals surface area contributed by atoms with Gasteiger partial charge >= 0.3 is 0 Å². The molecule has 0 spiro atoms. The third-order valence-corrected chi connectivity index (χ3v) is 5.77. The summed E-state index contributed by atoms with van der Waals surface area (Å²) in [5.74, 6) is 0.287. The van der Waals surface area contributed by atoms with E-state index in [-0.39, 0.29) is 11.9 Å². The van der Waals surface area contributed by atoms with Crippen molar-refractivity contribution in [3.63, 3.8) is 0 Å². The molecule has 1 aliphatic rings. The van der Waals surface area contributed by atoms with Gasteiger partial charge in [-0.15, -0.1) is 0 Å². The molecule has 1 amide bonds. The van der Waals surface area contributed by atoms with Gasteiger partial charge in [-0.1, -0.05) is 12.1 Å². The average molecular weight is 371 g/mol. The second kappa shape index (κ2) is 8.13. The van der Waals surface area contributed by atoms with Crippen LogP contribution in [-0.2, 0) is 19.7 Å². The maximum absolute atomic E-state index is 12.6. The van der Waals surface area contributed by atoms with Crippen LogP contribution in [0.3, 0.4) is 0 Å². The number of carbonyl (C=O) groups is 1. The molecule has 2 N–H and O–H groups in total. The minimum absolute atomic E-state index is 0.209. The molecule has 1 aromatic carbocycles. The van der Waals surface area contributed by atoms with Crippen LogP contribution < -0.4 is 14.8 Å². The molecule has 2 rings (SSSR count). The highest BCUT2D eigenvalue weighted by Gasteiger charge is 2.40. The molecule has 0 saturated carbocycles. The molecule has 8 nitrogen and oxygen atoms in total. The Bertz CT molecular complexity index is 709. The summed E-state index contributed by atoms with van der Waals surface area (Å²) in [5.41, 5.74) is 0.749. The molecule has 3 atom stereocenters. The van der Waals surface area contributed by atoms with Crippen molar-refractivity contribution in [2.45, 2.75) is 31.5 Å². The molecule has 0 aliphatic carbocycles. The smallest absolute Gasteiger partial charge is 0.280 e. The lowest BCUT2D eigenvalue weighted by Crippen LogP contribution is -2.58. The van der Waals surface area contributed by atoms with E-state index >= 15 is 0 Å². The van der Waals surface area contributed by atoms with Crippen LogP contribution in [0, 0.1) is 0 Å². The number of amides is 1. The molecule has 0 radical (unpaired) electrons. The first-order valence-corrected chi connectivity index (χ1v) is 9.41. The number of methoxy groups -OCH3 is 2. The predicted molar refractivity (Wildman–Crippen MR) is 93.4 cm³/mol. The zero-order valence-electron chi connectivity index (χ0n) is 14.9. The molecule has 1 aromatic rings. The lowest BCUT2D eigenvalue weighted by atomic mass is 9.99. The number of nitrogens with zero attached hydrogens (tertiary/aromatic N) is 1. The number of benzene rings is 1. The summed E-state index contributed by atoms with van der Waals surface area (Å²) in [5, 5.41) is 2.79. The summed E-state index contributed by atoms with van der Waals surface area (Å²) in [4.78, 5) is 12.6. The number of hydrogen-bond donors (Lipinski definition) is 2. The predicted octanol–water partition coefficient (Wildman–Crippen LogP) is 0.426. The highest BCUT2D eigenvalue weighted by Crippen LogP contribution is 2.29. The van der Waals surface area contributed by atoms with Crippen molar-refractivity contribution in [1.29, 1.82) is 0 Å². The van der Waals surface area contributed by atoms with Crippen molar-refractivity contribution in [3.05, 3.63) is 29.8 Å². The van der Waals surface area contributed by atoms with E-state index in [1.54, 1.807) is 39.3 Å². The molecule has 0 aromatic heterocycles. The summed E-state index contributed by atoms with van der Waals surface area (Å²) >= 11 is 0. The Hall–Kier alpha value is -1.68. The van der Waals surface area contributed by atoms with E-state index in [0.717, 1.165) is 9.87 Å². The highest BCUT2D eigenvalue weighted by molar-refractivity contribution is 7.87. The fourth-order valence-electron chi connectivity index (χ4n) is 2.82. The normalized spacial score (nSPS) is 24.5. The van der Waals surface area contributed by atoms with Gasteiger partial charge in [-0.25, -0.2) is 0 Å². The third kappa shape index (κ3) is 4.69. The molecular weight excluding hydrogens is 346 g/mol. The Kier molecular flexibility index (Phi) is 6.39. The van der Waals surface area contributed by atoms with Gasteiger partial charge in [0.05, 0.1) is 19.8 Å². The molecular formula is C16H25N3O5S. The van der Waals surface area contributed by atoms with Crippen molar-refractivity contribution in [1.82, 2.24) is 14.3 Å². The van der Waals surface area contributed by atoms with E-state index < -0.39 is 22.3 Å². The first-order valence-electron chi connectivity index (χ1n) is 7.97. The quantitative estimate of drug-likeness (QED) is 0.756. The van der Waals surface area contributed by atoms with Crippen LogP contribution in [0.5, 0.6) is 5.75 Å². The molecule has 140 valence electrons. The maximum atomic E-state index is 12.6. The van der Waals surface area contributed by atoms with Gasteiger partial charge in [-0.3, -0.25) is 4.79 Å². The number of rotatable bonds is 6. The van der Waals surface area contributed by atoms with Crippen molar-refractivity contribution < 1.29 is 22.7 Å². The monoisotopic (exact) mass is 371 g/mol. The van der Waals surface area contributed by atoms with Crippen LogP contribution in [0.4, 0.5) is 0 Å². The van der Waals surface area contributed by atoms with Crippen molar-refractivity contribution >= 4 is 16.1 Å². The molecule has 25 heavy (non-hydrogen) atoms. The fraction of sp³-hybridized carbons (Fsp3) is 0.562. The first-order chi connectivity index (χ1) is 11.8. The Morgan fingerprint density at radius 3 is 2.80 bits per heavy atom. The molecule has 1 fully saturated rings. The summed E-state index contributed by atoms with van der Waals surface area (Å²) in [6, 6.07) is 5.62. The summed E-state index contributed by atoms with van der Waals surface area (Å²) in [7, 11) is 0.719. The second-order valence-corrected chi connectivity index (χ2v) is 7.85.